The van der Waals surface area contributed by atoms with Crippen molar-refractivity contribution < 1.29 is 4.79 Å². The summed E-state index contributed by atoms with van der Waals surface area (Å²) in [6.45, 7) is 8.74. The highest BCUT2D eigenvalue weighted by Gasteiger charge is 2.36. The lowest BCUT2D eigenvalue weighted by Crippen LogP contribution is -2.53. The van der Waals surface area contributed by atoms with E-state index in [9.17, 15) is 4.79 Å². The Balaban J connectivity index is 2.55. The highest BCUT2D eigenvalue weighted by atomic mass is 16.1. The van der Waals surface area contributed by atoms with Crippen LogP contribution in [0.1, 0.15) is 72.1 Å². The molecule has 1 aliphatic rings. The molecule has 1 saturated heterocycles. The van der Waals surface area contributed by atoms with Crippen molar-refractivity contribution in [3.63, 3.8) is 0 Å². The Morgan fingerprint density at radius 3 is 2.29 bits per heavy atom. The number of ketones is 1. The molecule has 0 aromatic carbocycles. The molecular weight excluding hydrogens is 210 g/mol. The second-order valence-corrected chi connectivity index (χ2v) is 5.56. The maximum absolute atomic E-state index is 12.4. The van der Waals surface area contributed by atoms with Crippen LogP contribution in [0, 0.1) is 0 Å². The van der Waals surface area contributed by atoms with Crippen molar-refractivity contribution in [2.45, 2.75) is 77.7 Å². The van der Waals surface area contributed by atoms with Crippen molar-refractivity contribution in [1.29, 1.82) is 0 Å². The fourth-order valence-corrected chi connectivity index (χ4v) is 2.79. The minimum atomic E-state index is -0.186. The molecule has 17 heavy (non-hydrogen) atoms. The summed E-state index contributed by atoms with van der Waals surface area (Å²) in [7, 11) is 0. The van der Waals surface area contributed by atoms with E-state index in [1.165, 1.54) is 32.1 Å². The number of piperidine rings is 1. The van der Waals surface area contributed by atoms with Gasteiger partial charge in [0.15, 0.2) is 5.78 Å². The zero-order valence-electron chi connectivity index (χ0n) is 11.9. The normalized spacial score (nSPS) is 21.1. The van der Waals surface area contributed by atoms with Crippen LogP contribution >= 0.6 is 0 Å². The van der Waals surface area contributed by atoms with E-state index in [1.54, 1.807) is 0 Å². The molecule has 1 rings (SSSR count). The SMILES string of the molecule is CCCCCC(=O)C(C)(CC)N1CCCCC1. The quantitative estimate of drug-likeness (QED) is 0.630. The highest BCUT2D eigenvalue weighted by molar-refractivity contribution is 5.87. The molecule has 0 aliphatic carbocycles. The van der Waals surface area contributed by atoms with Gasteiger partial charge in [0.1, 0.15) is 0 Å². The van der Waals surface area contributed by atoms with Gasteiger partial charge >= 0.3 is 0 Å². The first-order chi connectivity index (χ1) is 8.15. The Labute approximate surface area is 107 Å². The average molecular weight is 239 g/mol. The second kappa shape index (κ2) is 7.15. The van der Waals surface area contributed by atoms with Crippen LogP contribution in [0.25, 0.3) is 0 Å². The first-order valence-corrected chi connectivity index (χ1v) is 7.43. The third-order valence-electron chi connectivity index (χ3n) is 4.35. The first kappa shape index (κ1) is 14.7. The van der Waals surface area contributed by atoms with E-state index in [1.807, 2.05) is 0 Å². The minimum Gasteiger partial charge on any atom is -0.298 e. The fourth-order valence-electron chi connectivity index (χ4n) is 2.79. The summed E-state index contributed by atoms with van der Waals surface area (Å²) in [5.74, 6) is 0.468. The Kier molecular flexibility index (Phi) is 6.18. The average Bonchev–Trinajstić information content (AvgIpc) is 2.39. The van der Waals surface area contributed by atoms with Gasteiger partial charge in [-0.3, -0.25) is 9.69 Å². The molecule has 1 heterocycles. The summed E-state index contributed by atoms with van der Waals surface area (Å²) >= 11 is 0. The molecule has 1 unspecified atom stereocenters. The summed E-state index contributed by atoms with van der Waals surface area (Å²) in [6.07, 6.45) is 9.03. The van der Waals surface area contributed by atoms with Gasteiger partial charge in [0.25, 0.3) is 0 Å². The molecular formula is C15H29NO. The Bertz CT molecular complexity index is 233. The number of carbonyl (C=O) groups is 1. The van der Waals surface area contributed by atoms with Gasteiger partial charge in [0.2, 0.25) is 0 Å². The summed E-state index contributed by atoms with van der Waals surface area (Å²) in [4.78, 5) is 14.9. The van der Waals surface area contributed by atoms with Gasteiger partial charge in [-0.05, 0) is 45.7 Å². The molecule has 0 saturated carbocycles. The molecule has 2 nitrogen and oxygen atoms in total. The van der Waals surface area contributed by atoms with E-state index in [-0.39, 0.29) is 5.54 Å². The van der Waals surface area contributed by atoms with Crippen molar-refractivity contribution >= 4 is 5.78 Å². The van der Waals surface area contributed by atoms with Crippen LogP contribution in [-0.2, 0) is 4.79 Å². The van der Waals surface area contributed by atoms with E-state index >= 15 is 0 Å². The summed E-state index contributed by atoms with van der Waals surface area (Å²) in [5, 5.41) is 0. The van der Waals surface area contributed by atoms with E-state index in [2.05, 4.69) is 25.7 Å². The van der Waals surface area contributed by atoms with E-state index < -0.39 is 0 Å². The molecule has 0 aromatic heterocycles. The van der Waals surface area contributed by atoms with Crippen LogP contribution in [0.5, 0.6) is 0 Å². The molecule has 0 radical (unpaired) electrons. The molecule has 100 valence electrons. The standard InChI is InChI=1S/C15H29NO/c1-4-6-8-11-14(17)15(3,5-2)16-12-9-7-10-13-16/h4-13H2,1-3H3. The lowest BCUT2D eigenvalue weighted by molar-refractivity contribution is -0.131. The van der Waals surface area contributed by atoms with Gasteiger partial charge in [-0.2, -0.15) is 0 Å². The van der Waals surface area contributed by atoms with Gasteiger partial charge in [-0.1, -0.05) is 33.1 Å². The molecule has 0 aromatic rings. The van der Waals surface area contributed by atoms with Crippen molar-refractivity contribution in [2.75, 3.05) is 13.1 Å². The van der Waals surface area contributed by atoms with Gasteiger partial charge in [0, 0.05) is 6.42 Å². The van der Waals surface area contributed by atoms with Crippen LogP contribution < -0.4 is 0 Å². The number of rotatable bonds is 7. The number of hydrogen-bond acceptors (Lipinski definition) is 2. The van der Waals surface area contributed by atoms with Crippen molar-refractivity contribution in [3.05, 3.63) is 0 Å². The molecule has 1 fully saturated rings. The van der Waals surface area contributed by atoms with Gasteiger partial charge in [0.05, 0.1) is 5.54 Å². The van der Waals surface area contributed by atoms with E-state index in [4.69, 9.17) is 0 Å². The van der Waals surface area contributed by atoms with Crippen LogP contribution in [-0.4, -0.2) is 29.3 Å². The summed E-state index contributed by atoms with van der Waals surface area (Å²) in [5.41, 5.74) is -0.186. The van der Waals surface area contributed by atoms with Gasteiger partial charge in [-0.25, -0.2) is 0 Å². The third-order valence-corrected chi connectivity index (χ3v) is 4.35. The zero-order valence-corrected chi connectivity index (χ0v) is 11.9. The Morgan fingerprint density at radius 1 is 1.12 bits per heavy atom. The highest BCUT2D eigenvalue weighted by Crippen LogP contribution is 2.26. The lowest BCUT2D eigenvalue weighted by atomic mass is 9.86. The predicted octanol–water partition coefficient (Wildman–Crippen LogP) is 3.79. The number of likely N-dealkylation sites (tertiary alicyclic amines) is 1. The van der Waals surface area contributed by atoms with Crippen LogP contribution in [0.4, 0.5) is 0 Å². The summed E-state index contributed by atoms with van der Waals surface area (Å²) < 4.78 is 0. The Hall–Kier alpha value is -0.370. The summed E-state index contributed by atoms with van der Waals surface area (Å²) in [6, 6.07) is 0. The fraction of sp³-hybridized carbons (Fsp3) is 0.933. The largest absolute Gasteiger partial charge is 0.298 e. The molecule has 1 aliphatic heterocycles. The monoisotopic (exact) mass is 239 g/mol. The van der Waals surface area contributed by atoms with Gasteiger partial charge < -0.3 is 0 Å². The van der Waals surface area contributed by atoms with E-state index in [0.717, 1.165) is 32.4 Å². The molecule has 0 amide bonds. The predicted molar refractivity (Wildman–Crippen MR) is 73.3 cm³/mol. The topological polar surface area (TPSA) is 20.3 Å². The first-order valence-electron chi connectivity index (χ1n) is 7.43. The van der Waals surface area contributed by atoms with Gasteiger partial charge in [-0.15, -0.1) is 0 Å². The Morgan fingerprint density at radius 2 is 1.76 bits per heavy atom. The number of Topliss-reactive ketones (excluding diaryl/α,β-unsaturated/α-hetero) is 1. The molecule has 0 spiro atoms. The smallest absolute Gasteiger partial charge is 0.152 e. The molecule has 0 bridgehead atoms. The maximum atomic E-state index is 12.4. The number of carbonyl (C=O) groups excluding carboxylic acids is 1. The molecule has 0 N–H and O–H groups in total. The van der Waals surface area contributed by atoms with Crippen molar-refractivity contribution in [2.24, 2.45) is 0 Å². The maximum Gasteiger partial charge on any atom is 0.152 e. The number of unbranched alkanes of at least 4 members (excludes halogenated alkanes) is 2. The number of nitrogens with zero attached hydrogens (tertiary/aromatic N) is 1. The third kappa shape index (κ3) is 3.80. The zero-order chi connectivity index (χ0) is 12.7. The van der Waals surface area contributed by atoms with Crippen LogP contribution in [0.15, 0.2) is 0 Å². The lowest BCUT2D eigenvalue weighted by Gasteiger charge is -2.42. The molecule has 1 atom stereocenters. The van der Waals surface area contributed by atoms with Crippen molar-refractivity contribution in [1.82, 2.24) is 4.90 Å². The minimum absolute atomic E-state index is 0.186. The molecule has 2 heteroatoms. The van der Waals surface area contributed by atoms with E-state index in [0.29, 0.717) is 5.78 Å². The second-order valence-electron chi connectivity index (χ2n) is 5.56. The van der Waals surface area contributed by atoms with Crippen LogP contribution in [0.2, 0.25) is 0 Å². The van der Waals surface area contributed by atoms with Crippen molar-refractivity contribution in [3.8, 4) is 0 Å². The number of hydrogen-bond donors (Lipinski definition) is 0. The van der Waals surface area contributed by atoms with Crippen LogP contribution in [0.3, 0.4) is 0 Å².